The number of hydrogen-bond acceptors (Lipinski definition) is 7. The average molecular weight is 376 g/mol. The monoisotopic (exact) mass is 376 g/mol. The second-order valence-corrected chi connectivity index (χ2v) is 7.47. The summed E-state index contributed by atoms with van der Waals surface area (Å²) in [6.07, 6.45) is 1.29. The Morgan fingerprint density at radius 2 is 2.12 bits per heavy atom. The normalized spacial score (nSPS) is 15.2. The van der Waals surface area contributed by atoms with Gasteiger partial charge in [-0.1, -0.05) is 26.0 Å². The van der Waals surface area contributed by atoms with Crippen molar-refractivity contribution in [1.82, 2.24) is 14.7 Å². The Kier molecular flexibility index (Phi) is 6.05. The zero-order chi connectivity index (χ0) is 18.5. The number of ether oxygens (including phenoxy) is 1. The lowest BCUT2D eigenvalue weighted by Gasteiger charge is -2.31. The second-order valence-electron chi connectivity index (χ2n) is 6.74. The van der Waals surface area contributed by atoms with Crippen molar-refractivity contribution in [3.05, 3.63) is 24.3 Å². The molecule has 0 spiro atoms. The van der Waals surface area contributed by atoms with Crippen molar-refractivity contribution in [1.29, 1.82) is 0 Å². The van der Waals surface area contributed by atoms with Crippen LogP contribution in [0.4, 0.5) is 9.93 Å². The van der Waals surface area contributed by atoms with E-state index < -0.39 is 0 Å². The van der Waals surface area contributed by atoms with E-state index in [9.17, 15) is 9.90 Å². The molecule has 7 nitrogen and oxygen atoms in total. The fourth-order valence-electron chi connectivity index (χ4n) is 2.84. The number of carbonyl (C=O) groups excluding carboxylic acids is 1. The minimum absolute atomic E-state index is 0.0288. The van der Waals surface area contributed by atoms with Crippen LogP contribution in [0.1, 0.15) is 26.7 Å². The van der Waals surface area contributed by atoms with Gasteiger partial charge in [-0.15, -0.1) is 0 Å². The van der Waals surface area contributed by atoms with Crippen molar-refractivity contribution >= 4 is 22.8 Å². The molecule has 0 atom stereocenters. The third kappa shape index (κ3) is 4.31. The van der Waals surface area contributed by atoms with Gasteiger partial charge < -0.3 is 15.2 Å². The summed E-state index contributed by atoms with van der Waals surface area (Å²) in [5.41, 5.74) is 0.552. The predicted octanol–water partition coefficient (Wildman–Crippen LogP) is 3.26. The van der Waals surface area contributed by atoms with Gasteiger partial charge in [-0.3, -0.25) is 0 Å². The average Bonchev–Trinajstić information content (AvgIpc) is 3.11. The Hall–Kier alpha value is -2.19. The van der Waals surface area contributed by atoms with Gasteiger partial charge in [0.1, 0.15) is 5.75 Å². The molecule has 140 valence electrons. The van der Waals surface area contributed by atoms with Gasteiger partial charge in [0, 0.05) is 17.6 Å². The highest BCUT2D eigenvalue weighted by Gasteiger charge is 2.31. The summed E-state index contributed by atoms with van der Waals surface area (Å²) in [4.78, 5) is 18.9. The number of aromatic hydroxyl groups is 1. The van der Waals surface area contributed by atoms with Crippen molar-refractivity contribution in [3.8, 4) is 17.1 Å². The molecule has 8 heteroatoms. The first-order chi connectivity index (χ1) is 12.6. The molecule has 0 unspecified atom stereocenters. The van der Waals surface area contributed by atoms with E-state index in [-0.39, 0.29) is 23.8 Å². The topological polar surface area (TPSA) is 87.6 Å². The van der Waals surface area contributed by atoms with Crippen molar-refractivity contribution in [2.45, 2.75) is 32.7 Å². The molecule has 26 heavy (non-hydrogen) atoms. The molecule has 2 heterocycles. The van der Waals surface area contributed by atoms with Gasteiger partial charge in [0.05, 0.1) is 12.2 Å². The number of hydrogen-bond donors (Lipinski definition) is 2. The summed E-state index contributed by atoms with van der Waals surface area (Å²) in [6.45, 7) is 6.08. The van der Waals surface area contributed by atoms with Crippen LogP contribution in [0.3, 0.4) is 0 Å². The van der Waals surface area contributed by atoms with E-state index in [2.05, 4.69) is 14.7 Å². The zero-order valence-electron chi connectivity index (χ0n) is 15.0. The quantitative estimate of drug-likeness (QED) is 0.833. The van der Waals surface area contributed by atoms with Gasteiger partial charge in [0.25, 0.3) is 0 Å². The minimum atomic E-state index is -0.384. The predicted molar refractivity (Wildman–Crippen MR) is 102 cm³/mol. The Morgan fingerprint density at radius 3 is 2.81 bits per heavy atom. The highest BCUT2D eigenvalue weighted by molar-refractivity contribution is 7.10. The van der Waals surface area contributed by atoms with Crippen LogP contribution in [0.2, 0.25) is 0 Å². The summed E-state index contributed by atoms with van der Waals surface area (Å²) in [5, 5.41) is 13.8. The third-order valence-corrected chi connectivity index (χ3v) is 4.89. The fraction of sp³-hybridized carbons (Fsp3) is 0.500. The summed E-state index contributed by atoms with van der Waals surface area (Å²) in [6, 6.07) is 6.94. The van der Waals surface area contributed by atoms with E-state index >= 15 is 0 Å². The standard InChI is InChI=1S/C18H24N4O3S/c1-12(2)11-25-18(24)22(13-7-9-19-10-8-13)17-20-16(21-26-17)14-5-3-4-6-15(14)23/h3-6,12-13,19,23H,7-11H2,1-2H3. The van der Waals surface area contributed by atoms with Crippen LogP contribution < -0.4 is 10.2 Å². The molecule has 2 N–H and O–H groups in total. The van der Waals surface area contributed by atoms with Crippen LogP contribution in [0.25, 0.3) is 11.4 Å². The fourth-order valence-corrected chi connectivity index (χ4v) is 3.59. The molecule has 1 aromatic carbocycles. The van der Waals surface area contributed by atoms with E-state index in [0.717, 1.165) is 37.5 Å². The minimum Gasteiger partial charge on any atom is -0.507 e. The van der Waals surface area contributed by atoms with Crippen molar-refractivity contribution in [3.63, 3.8) is 0 Å². The molecule has 0 aliphatic carbocycles. The Balaban J connectivity index is 1.86. The number of phenolic OH excluding ortho intramolecular Hbond substituents is 1. The molecule has 1 amide bonds. The van der Waals surface area contributed by atoms with Gasteiger partial charge in [-0.25, -0.2) is 9.69 Å². The number of amides is 1. The number of nitrogens with one attached hydrogen (secondary N) is 1. The lowest BCUT2D eigenvalue weighted by atomic mass is 10.1. The molecule has 1 aromatic heterocycles. The maximum atomic E-state index is 12.7. The molecule has 0 radical (unpaired) electrons. The molecule has 1 saturated heterocycles. The lowest BCUT2D eigenvalue weighted by molar-refractivity contribution is 0.136. The number of piperidine rings is 1. The SMILES string of the molecule is CC(C)COC(=O)N(c1nc(-c2ccccc2O)ns1)C1CCNCC1. The van der Waals surface area contributed by atoms with Crippen LogP contribution >= 0.6 is 11.5 Å². The number of phenols is 1. The number of benzene rings is 1. The van der Waals surface area contributed by atoms with Gasteiger partial charge >= 0.3 is 6.09 Å². The number of nitrogens with zero attached hydrogens (tertiary/aromatic N) is 3. The molecular formula is C18H24N4O3S. The molecule has 0 saturated carbocycles. The van der Waals surface area contributed by atoms with Crippen molar-refractivity contribution in [2.75, 3.05) is 24.6 Å². The zero-order valence-corrected chi connectivity index (χ0v) is 15.8. The van der Waals surface area contributed by atoms with E-state index in [0.29, 0.717) is 23.1 Å². The third-order valence-electron chi connectivity index (χ3n) is 4.18. The van der Waals surface area contributed by atoms with Crippen LogP contribution in [-0.2, 0) is 4.74 Å². The summed E-state index contributed by atoms with van der Waals surface area (Å²) in [5.74, 6) is 0.798. The largest absolute Gasteiger partial charge is 0.507 e. The van der Waals surface area contributed by atoms with Crippen molar-refractivity contribution < 1.29 is 14.6 Å². The first-order valence-electron chi connectivity index (χ1n) is 8.85. The number of aromatic nitrogens is 2. The maximum Gasteiger partial charge on any atom is 0.416 e. The molecule has 1 aliphatic rings. The summed E-state index contributed by atoms with van der Waals surface area (Å²) in [7, 11) is 0. The second kappa shape index (κ2) is 8.46. The van der Waals surface area contributed by atoms with Crippen LogP contribution in [0.5, 0.6) is 5.75 Å². The molecule has 2 aromatic rings. The molecule has 1 aliphatic heterocycles. The number of anilines is 1. The van der Waals surface area contributed by atoms with Gasteiger partial charge in [0.15, 0.2) is 5.82 Å². The Bertz CT molecular complexity index is 744. The molecular weight excluding hydrogens is 352 g/mol. The highest BCUT2D eigenvalue weighted by Crippen LogP contribution is 2.32. The molecule has 1 fully saturated rings. The highest BCUT2D eigenvalue weighted by atomic mass is 32.1. The van der Waals surface area contributed by atoms with Crippen molar-refractivity contribution in [2.24, 2.45) is 5.92 Å². The number of rotatable bonds is 5. The smallest absolute Gasteiger partial charge is 0.416 e. The van der Waals surface area contributed by atoms with Gasteiger partial charge in [-0.05, 0) is 44.0 Å². The van der Waals surface area contributed by atoms with E-state index in [1.807, 2.05) is 19.9 Å². The molecule has 3 rings (SSSR count). The van der Waals surface area contributed by atoms with Gasteiger partial charge in [-0.2, -0.15) is 9.36 Å². The Morgan fingerprint density at radius 1 is 1.38 bits per heavy atom. The maximum absolute atomic E-state index is 12.7. The Labute approximate surface area is 157 Å². The van der Waals surface area contributed by atoms with Crippen LogP contribution in [0, 0.1) is 5.92 Å². The van der Waals surface area contributed by atoms with Crippen LogP contribution in [-0.4, -0.2) is 46.3 Å². The first kappa shape index (κ1) is 18.6. The number of para-hydroxylation sites is 1. The van der Waals surface area contributed by atoms with Gasteiger partial charge in [0.2, 0.25) is 5.13 Å². The van der Waals surface area contributed by atoms with E-state index in [4.69, 9.17) is 4.74 Å². The summed E-state index contributed by atoms with van der Waals surface area (Å²) >= 11 is 1.15. The van der Waals surface area contributed by atoms with Crippen LogP contribution in [0.15, 0.2) is 24.3 Å². The molecule has 0 bridgehead atoms. The van der Waals surface area contributed by atoms with E-state index in [1.54, 1.807) is 23.1 Å². The first-order valence-corrected chi connectivity index (χ1v) is 9.62. The number of carbonyl (C=O) groups is 1. The summed E-state index contributed by atoms with van der Waals surface area (Å²) < 4.78 is 9.81. The lowest BCUT2D eigenvalue weighted by Crippen LogP contribution is -2.46. The van der Waals surface area contributed by atoms with E-state index in [1.165, 1.54) is 0 Å².